The molecule has 16 heavy (non-hydrogen) atoms. The molecule has 0 unspecified atom stereocenters. The maximum absolute atomic E-state index is 5.86. The number of nitrogens with zero attached hydrogens (tertiary/aromatic N) is 4. The van der Waals surface area contributed by atoms with Gasteiger partial charge in [0, 0.05) is 11.8 Å². The fraction of sp³-hybridized carbons (Fsp3) is 0.300. The molecule has 0 atom stereocenters. The summed E-state index contributed by atoms with van der Waals surface area (Å²) < 4.78 is 2.59. The van der Waals surface area contributed by atoms with Gasteiger partial charge in [-0.05, 0) is 21.8 Å². The van der Waals surface area contributed by atoms with Gasteiger partial charge in [-0.2, -0.15) is 5.10 Å². The first-order valence-electron chi connectivity index (χ1n) is 4.90. The van der Waals surface area contributed by atoms with E-state index in [0.29, 0.717) is 5.82 Å². The molecule has 0 aliphatic rings. The summed E-state index contributed by atoms with van der Waals surface area (Å²) in [6.45, 7) is 4.11. The lowest BCUT2D eigenvalue weighted by molar-refractivity contribution is 0.776. The maximum Gasteiger partial charge on any atom is 0.162 e. The Kier molecular flexibility index (Phi) is 2.91. The highest BCUT2D eigenvalue weighted by molar-refractivity contribution is 9.10. The second-order valence-corrected chi connectivity index (χ2v) is 4.67. The quantitative estimate of drug-likeness (QED) is 0.916. The van der Waals surface area contributed by atoms with E-state index in [1.807, 2.05) is 6.20 Å². The lowest BCUT2D eigenvalue weighted by atomic mass is 10.1. The molecule has 0 bridgehead atoms. The minimum Gasteiger partial charge on any atom is -0.383 e. The third-order valence-corrected chi connectivity index (χ3v) is 2.65. The fourth-order valence-electron chi connectivity index (χ4n) is 1.55. The second-order valence-electron chi connectivity index (χ2n) is 3.75. The lowest BCUT2D eigenvalue weighted by Crippen LogP contribution is -2.09. The summed E-state index contributed by atoms with van der Waals surface area (Å²) in [4.78, 5) is 8.24. The Balaban J connectivity index is 2.60. The number of nitrogen functional groups attached to an aromatic ring is 1. The lowest BCUT2D eigenvalue weighted by Gasteiger charge is -2.12. The van der Waals surface area contributed by atoms with Crippen LogP contribution >= 0.6 is 15.9 Å². The van der Waals surface area contributed by atoms with Crippen LogP contribution in [-0.4, -0.2) is 19.7 Å². The van der Waals surface area contributed by atoms with Crippen LogP contribution in [0.2, 0.25) is 0 Å². The zero-order chi connectivity index (χ0) is 11.7. The molecule has 2 heterocycles. The molecule has 0 amide bonds. The van der Waals surface area contributed by atoms with E-state index in [-0.39, 0.29) is 5.92 Å². The van der Waals surface area contributed by atoms with Crippen molar-refractivity contribution in [1.82, 2.24) is 19.7 Å². The normalized spacial score (nSPS) is 11.0. The molecule has 0 aliphatic heterocycles. The van der Waals surface area contributed by atoms with Gasteiger partial charge in [0.25, 0.3) is 0 Å². The van der Waals surface area contributed by atoms with Crippen LogP contribution in [0.4, 0.5) is 5.82 Å². The van der Waals surface area contributed by atoms with Gasteiger partial charge < -0.3 is 5.73 Å². The van der Waals surface area contributed by atoms with Gasteiger partial charge in [-0.15, -0.1) is 0 Å². The molecule has 84 valence electrons. The van der Waals surface area contributed by atoms with E-state index >= 15 is 0 Å². The third-order valence-electron chi connectivity index (χ3n) is 2.24. The van der Waals surface area contributed by atoms with Crippen molar-refractivity contribution in [1.29, 1.82) is 0 Å². The van der Waals surface area contributed by atoms with Gasteiger partial charge in [-0.25, -0.2) is 14.6 Å². The topological polar surface area (TPSA) is 69.6 Å². The van der Waals surface area contributed by atoms with Crippen LogP contribution in [0.15, 0.2) is 23.2 Å². The molecule has 0 spiro atoms. The SMILES string of the molecule is CC(C)c1c(N)ncnc1-n1cc(Br)cn1. The first kappa shape index (κ1) is 11.1. The summed E-state index contributed by atoms with van der Waals surface area (Å²) >= 11 is 3.35. The Labute approximate surface area is 102 Å². The molecule has 0 saturated carbocycles. The van der Waals surface area contributed by atoms with Crippen LogP contribution in [0.1, 0.15) is 25.3 Å². The van der Waals surface area contributed by atoms with Gasteiger partial charge in [-0.1, -0.05) is 13.8 Å². The number of anilines is 1. The molecule has 0 radical (unpaired) electrons. The molecule has 0 aromatic carbocycles. The number of rotatable bonds is 2. The van der Waals surface area contributed by atoms with Crippen molar-refractivity contribution in [2.24, 2.45) is 0 Å². The van der Waals surface area contributed by atoms with Crippen molar-refractivity contribution in [3.63, 3.8) is 0 Å². The Hall–Kier alpha value is -1.43. The molecule has 2 aromatic rings. The van der Waals surface area contributed by atoms with Crippen LogP contribution in [0.25, 0.3) is 5.82 Å². The van der Waals surface area contributed by atoms with Gasteiger partial charge in [-0.3, -0.25) is 0 Å². The Bertz CT molecular complexity index is 506. The largest absolute Gasteiger partial charge is 0.383 e. The monoisotopic (exact) mass is 281 g/mol. The molecule has 2 N–H and O–H groups in total. The average molecular weight is 282 g/mol. The van der Waals surface area contributed by atoms with Crippen molar-refractivity contribution in [2.45, 2.75) is 19.8 Å². The highest BCUT2D eigenvalue weighted by Crippen LogP contribution is 2.25. The van der Waals surface area contributed by atoms with E-state index in [0.717, 1.165) is 15.9 Å². The Morgan fingerprint density at radius 1 is 1.38 bits per heavy atom. The van der Waals surface area contributed by atoms with E-state index in [2.05, 4.69) is 44.8 Å². The molecule has 6 heteroatoms. The first-order valence-corrected chi connectivity index (χ1v) is 5.69. The number of aromatic nitrogens is 4. The number of nitrogens with two attached hydrogens (primary N) is 1. The summed E-state index contributed by atoms with van der Waals surface area (Å²) in [5, 5.41) is 4.19. The second kappa shape index (κ2) is 4.21. The number of halogens is 1. The van der Waals surface area contributed by atoms with Gasteiger partial charge in [0.15, 0.2) is 5.82 Å². The van der Waals surface area contributed by atoms with Gasteiger partial charge in [0.2, 0.25) is 0 Å². The molecule has 0 fully saturated rings. The highest BCUT2D eigenvalue weighted by Gasteiger charge is 2.14. The average Bonchev–Trinajstić information content (AvgIpc) is 2.63. The fourth-order valence-corrected chi connectivity index (χ4v) is 1.84. The van der Waals surface area contributed by atoms with Crippen molar-refractivity contribution < 1.29 is 0 Å². The van der Waals surface area contributed by atoms with E-state index in [1.165, 1.54) is 6.33 Å². The maximum atomic E-state index is 5.86. The molecule has 2 rings (SSSR count). The van der Waals surface area contributed by atoms with E-state index in [4.69, 9.17) is 5.73 Å². The van der Waals surface area contributed by atoms with E-state index in [1.54, 1.807) is 10.9 Å². The first-order chi connectivity index (χ1) is 7.59. The molecular weight excluding hydrogens is 270 g/mol. The smallest absolute Gasteiger partial charge is 0.162 e. The zero-order valence-electron chi connectivity index (χ0n) is 9.05. The van der Waals surface area contributed by atoms with Crippen LogP contribution in [0, 0.1) is 0 Å². The van der Waals surface area contributed by atoms with Crippen LogP contribution < -0.4 is 5.73 Å². The van der Waals surface area contributed by atoms with Crippen molar-refractivity contribution >= 4 is 21.7 Å². The minimum absolute atomic E-state index is 0.249. The van der Waals surface area contributed by atoms with Crippen molar-refractivity contribution in [3.05, 3.63) is 28.8 Å². The Morgan fingerprint density at radius 3 is 2.69 bits per heavy atom. The van der Waals surface area contributed by atoms with E-state index in [9.17, 15) is 0 Å². The minimum atomic E-state index is 0.249. The van der Waals surface area contributed by atoms with Gasteiger partial charge >= 0.3 is 0 Å². The van der Waals surface area contributed by atoms with Crippen LogP contribution in [0.5, 0.6) is 0 Å². The summed E-state index contributed by atoms with van der Waals surface area (Å²) in [6.07, 6.45) is 5.00. The summed E-state index contributed by atoms with van der Waals surface area (Å²) in [5.74, 6) is 1.49. The van der Waals surface area contributed by atoms with Gasteiger partial charge in [0.1, 0.15) is 12.1 Å². The zero-order valence-corrected chi connectivity index (χ0v) is 10.6. The highest BCUT2D eigenvalue weighted by atomic mass is 79.9. The molecule has 5 nitrogen and oxygen atoms in total. The van der Waals surface area contributed by atoms with Crippen molar-refractivity contribution in [2.75, 3.05) is 5.73 Å². The molecule has 2 aromatic heterocycles. The summed E-state index contributed by atoms with van der Waals surface area (Å²) in [6, 6.07) is 0. The standard InChI is InChI=1S/C10H12BrN5/c1-6(2)8-9(12)13-5-14-10(8)16-4-7(11)3-15-16/h3-6H,1-2H3,(H2,12,13,14). The Morgan fingerprint density at radius 2 is 2.12 bits per heavy atom. The predicted molar refractivity (Wildman–Crippen MR) is 65.4 cm³/mol. The van der Waals surface area contributed by atoms with Crippen LogP contribution in [0.3, 0.4) is 0 Å². The van der Waals surface area contributed by atoms with Crippen LogP contribution in [-0.2, 0) is 0 Å². The molecule has 0 aliphatic carbocycles. The van der Waals surface area contributed by atoms with E-state index < -0.39 is 0 Å². The van der Waals surface area contributed by atoms with Crippen molar-refractivity contribution in [3.8, 4) is 5.82 Å². The molecule has 0 saturated heterocycles. The predicted octanol–water partition coefficient (Wildman–Crippen LogP) is 2.13. The summed E-state index contributed by atoms with van der Waals surface area (Å²) in [5.41, 5.74) is 6.78. The third kappa shape index (κ3) is 1.92. The summed E-state index contributed by atoms with van der Waals surface area (Å²) in [7, 11) is 0. The van der Waals surface area contributed by atoms with Gasteiger partial charge in [0.05, 0.1) is 10.7 Å². The number of hydrogen-bond donors (Lipinski definition) is 1. The number of hydrogen-bond acceptors (Lipinski definition) is 4. The molecular formula is C10H12BrN5.